The maximum Gasteiger partial charge on any atom is 0.330 e. The van der Waals surface area contributed by atoms with Gasteiger partial charge in [-0.2, -0.15) is 8.42 Å². The lowest BCUT2D eigenvalue weighted by atomic mass is 9.96. The van der Waals surface area contributed by atoms with Crippen LogP contribution in [0.15, 0.2) is 59.6 Å². The molecule has 0 aliphatic carbocycles. The first-order valence-corrected chi connectivity index (χ1v) is 14.7. The van der Waals surface area contributed by atoms with Crippen molar-refractivity contribution in [3.63, 3.8) is 0 Å². The van der Waals surface area contributed by atoms with E-state index < -0.39 is 37.8 Å². The van der Waals surface area contributed by atoms with Crippen LogP contribution in [0.1, 0.15) is 30.7 Å². The van der Waals surface area contributed by atoms with E-state index in [2.05, 4.69) is 15.3 Å². The van der Waals surface area contributed by atoms with Gasteiger partial charge in [-0.15, -0.1) is 11.8 Å². The number of anilines is 1. The number of nitrogens with one attached hydrogen (secondary N) is 2. The highest BCUT2D eigenvalue weighted by molar-refractivity contribution is 8.01. The first-order valence-electron chi connectivity index (χ1n) is 12.4. The van der Waals surface area contributed by atoms with E-state index in [9.17, 15) is 28.1 Å². The zero-order valence-corrected chi connectivity index (χ0v) is 24.2. The standard InChI is InChI=1S/C19H21N5O5S.C7H8O3S/c1-10-8-20-18(21-10)22-13-15(25)23-14(19(2,3)30-16(13)23)17(26)29-9-11-4-6-12(7-5-11)24(27)28;1-6-2-4-7(5-3-6)11(8,9)10/h4-8,13-14,16H,9H2,1-3H3,(H2,20,21,22);2-5H,1H3,(H,8,9,10)/t13?,14?,16-;/m1./s1. The van der Waals surface area contributed by atoms with Crippen molar-refractivity contribution in [1.29, 1.82) is 0 Å². The van der Waals surface area contributed by atoms with Gasteiger partial charge in [0.1, 0.15) is 24.1 Å². The van der Waals surface area contributed by atoms with Crippen LogP contribution in [0.5, 0.6) is 0 Å². The second-order valence-electron chi connectivity index (χ2n) is 10.1. The van der Waals surface area contributed by atoms with Gasteiger partial charge in [0.05, 0.1) is 9.82 Å². The van der Waals surface area contributed by atoms with Crippen LogP contribution in [0.4, 0.5) is 11.6 Å². The second kappa shape index (κ2) is 11.5. The number of carbonyl (C=O) groups excluding carboxylic acids is 2. The number of benzene rings is 2. The molecule has 3 heterocycles. The Morgan fingerprint density at radius 3 is 2.37 bits per heavy atom. The number of ether oxygens (including phenoxy) is 1. The fourth-order valence-electron chi connectivity index (χ4n) is 4.42. The number of fused-ring (bicyclic) bond motifs is 1. The SMILES string of the molecule is Cc1ccc(S(=O)(=O)O)cc1.Cc1cnc(NC2C(=O)N3C(C(=O)OCc4ccc([N+](=O)[O-])cc4)C(C)(C)S[C@H]23)[nH]1. The normalized spacial score (nSPS) is 20.8. The van der Waals surface area contributed by atoms with Gasteiger partial charge in [-0.25, -0.2) is 9.78 Å². The lowest BCUT2D eigenvalue weighted by Crippen LogP contribution is -2.68. The van der Waals surface area contributed by atoms with Crippen LogP contribution in [0.2, 0.25) is 0 Å². The van der Waals surface area contributed by atoms with Crippen LogP contribution in [0.25, 0.3) is 0 Å². The minimum atomic E-state index is -4.02. The van der Waals surface area contributed by atoms with Gasteiger partial charge in [0, 0.05) is 28.8 Å². The maximum atomic E-state index is 12.8. The first kappa shape index (κ1) is 30.0. The zero-order chi connectivity index (χ0) is 30.1. The molecule has 2 aliphatic heterocycles. The number of aryl methyl sites for hydroxylation is 2. The van der Waals surface area contributed by atoms with Gasteiger partial charge in [0.2, 0.25) is 11.9 Å². The summed E-state index contributed by atoms with van der Waals surface area (Å²) in [4.78, 5) is 44.6. The number of nitrogens with zero attached hydrogens (tertiary/aromatic N) is 3. The Kier molecular flexibility index (Phi) is 8.42. The molecule has 218 valence electrons. The molecule has 3 aromatic rings. The van der Waals surface area contributed by atoms with Crippen LogP contribution in [-0.2, 0) is 31.1 Å². The molecule has 2 aromatic carbocycles. The molecular weight excluding hydrogens is 574 g/mol. The van der Waals surface area contributed by atoms with Gasteiger partial charge >= 0.3 is 5.97 Å². The van der Waals surface area contributed by atoms with E-state index in [0.29, 0.717) is 11.5 Å². The number of β-lactam (4-membered cyclic amide) rings is 1. The fourth-order valence-corrected chi connectivity index (χ4v) is 6.52. The van der Waals surface area contributed by atoms with Gasteiger partial charge in [0.15, 0.2) is 0 Å². The van der Waals surface area contributed by atoms with E-state index in [1.165, 1.54) is 24.3 Å². The number of esters is 1. The zero-order valence-electron chi connectivity index (χ0n) is 22.6. The molecule has 0 spiro atoms. The highest BCUT2D eigenvalue weighted by atomic mass is 32.2. The number of thioether (sulfide) groups is 1. The van der Waals surface area contributed by atoms with Gasteiger partial charge in [-0.1, -0.05) is 17.7 Å². The smallest absolute Gasteiger partial charge is 0.330 e. The number of hydrogen-bond donors (Lipinski definition) is 3. The van der Waals surface area contributed by atoms with E-state index in [1.807, 2.05) is 27.7 Å². The Labute approximate surface area is 240 Å². The van der Waals surface area contributed by atoms with Crippen molar-refractivity contribution in [3.05, 3.63) is 81.7 Å². The summed E-state index contributed by atoms with van der Waals surface area (Å²) in [6.45, 7) is 7.52. The minimum absolute atomic E-state index is 0.0197. The number of imidazole rings is 1. The van der Waals surface area contributed by atoms with Crippen LogP contribution in [-0.4, -0.2) is 66.8 Å². The molecule has 2 aliphatic rings. The molecular formula is C26H29N5O8S2. The lowest BCUT2D eigenvalue weighted by Gasteiger charge is -2.43. The van der Waals surface area contributed by atoms with E-state index in [4.69, 9.17) is 9.29 Å². The van der Waals surface area contributed by atoms with E-state index in [0.717, 1.165) is 11.3 Å². The van der Waals surface area contributed by atoms with Gasteiger partial charge in [0.25, 0.3) is 15.8 Å². The summed E-state index contributed by atoms with van der Waals surface area (Å²) in [5.41, 5.74) is 2.44. The predicted molar refractivity (Wildman–Crippen MR) is 151 cm³/mol. The third-order valence-corrected chi connectivity index (χ3v) is 8.95. The number of amides is 1. The molecule has 3 atom stereocenters. The number of non-ortho nitro benzene ring substituents is 1. The average molecular weight is 604 g/mol. The number of hydrogen-bond acceptors (Lipinski definition) is 10. The molecule has 1 aromatic heterocycles. The Bertz CT molecular complexity index is 1560. The van der Waals surface area contributed by atoms with Crippen LogP contribution in [0.3, 0.4) is 0 Å². The molecule has 13 nitrogen and oxygen atoms in total. The third-order valence-electron chi connectivity index (χ3n) is 6.51. The second-order valence-corrected chi connectivity index (χ2v) is 13.3. The number of aromatic nitrogens is 2. The van der Waals surface area contributed by atoms with Crippen molar-refractivity contribution in [2.45, 2.75) is 61.4 Å². The van der Waals surface area contributed by atoms with E-state index >= 15 is 0 Å². The molecule has 2 fully saturated rings. The molecule has 0 bridgehead atoms. The molecule has 5 rings (SSSR count). The molecule has 15 heteroatoms. The van der Waals surface area contributed by atoms with Crippen LogP contribution in [0, 0.1) is 24.0 Å². The third kappa shape index (κ3) is 6.69. The summed E-state index contributed by atoms with van der Waals surface area (Å²) in [6, 6.07) is 10.6. The molecule has 2 saturated heterocycles. The van der Waals surface area contributed by atoms with Crippen molar-refractivity contribution in [1.82, 2.24) is 14.9 Å². The average Bonchev–Trinajstić information content (AvgIpc) is 3.43. The number of carbonyl (C=O) groups is 2. The molecule has 0 saturated carbocycles. The van der Waals surface area contributed by atoms with E-state index in [1.54, 1.807) is 47.1 Å². The Hall–Kier alpha value is -3.95. The monoisotopic (exact) mass is 603 g/mol. The Balaban J connectivity index is 0.000000296. The van der Waals surface area contributed by atoms with Gasteiger partial charge in [-0.3, -0.25) is 19.5 Å². The van der Waals surface area contributed by atoms with Gasteiger partial charge < -0.3 is 19.9 Å². The Morgan fingerprint density at radius 1 is 1.20 bits per heavy atom. The molecule has 3 N–H and O–H groups in total. The molecule has 1 amide bonds. The van der Waals surface area contributed by atoms with Crippen molar-refractivity contribution in [3.8, 4) is 0 Å². The summed E-state index contributed by atoms with van der Waals surface area (Å²) in [7, 11) is -4.02. The number of aromatic amines is 1. The van der Waals surface area contributed by atoms with Crippen molar-refractivity contribution < 1.29 is 32.2 Å². The number of nitro benzene ring substituents is 1. The summed E-state index contributed by atoms with van der Waals surface area (Å²) in [5, 5.41) is 13.6. The quantitative estimate of drug-likeness (QED) is 0.118. The maximum absolute atomic E-state index is 12.8. The van der Waals surface area contributed by atoms with E-state index in [-0.39, 0.29) is 28.5 Å². The molecule has 2 unspecified atom stereocenters. The Morgan fingerprint density at radius 2 is 1.83 bits per heavy atom. The summed E-state index contributed by atoms with van der Waals surface area (Å²) in [5.74, 6) is -0.147. The number of rotatable bonds is 7. The largest absolute Gasteiger partial charge is 0.459 e. The number of nitro groups is 1. The predicted octanol–water partition coefficient (Wildman–Crippen LogP) is 3.45. The first-order chi connectivity index (χ1) is 19.2. The van der Waals surface area contributed by atoms with Crippen molar-refractivity contribution in [2.24, 2.45) is 0 Å². The highest BCUT2D eigenvalue weighted by Crippen LogP contribution is 2.51. The van der Waals surface area contributed by atoms with Crippen LogP contribution < -0.4 is 5.32 Å². The summed E-state index contributed by atoms with van der Waals surface area (Å²) < 4.78 is 34.5. The lowest BCUT2D eigenvalue weighted by molar-refractivity contribution is -0.384. The minimum Gasteiger partial charge on any atom is -0.459 e. The van der Waals surface area contributed by atoms with Gasteiger partial charge in [-0.05, 0) is 57.5 Å². The highest BCUT2D eigenvalue weighted by Gasteiger charge is 2.64. The molecule has 41 heavy (non-hydrogen) atoms. The number of H-pyrrole nitrogens is 1. The molecule has 0 radical (unpaired) electrons. The van der Waals surface area contributed by atoms with Crippen molar-refractivity contribution >= 4 is 45.4 Å². The summed E-state index contributed by atoms with van der Waals surface area (Å²) in [6.07, 6.45) is 1.67. The fraction of sp³-hybridized carbons (Fsp3) is 0.346. The topological polar surface area (TPSA) is 185 Å². The van der Waals surface area contributed by atoms with Crippen LogP contribution >= 0.6 is 11.8 Å². The van der Waals surface area contributed by atoms with Crippen molar-refractivity contribution in [2.75, 3.05) is 5.32 Å². The summed E-state index contributed by atoms with van der Waals surface area (Å²) >= 11 is 1.54.